The van der Waals surface area contributed by atoms with Crippen molar-refractivity contribution in [2.24, 2.45) is 0 Å². The number of aliphatic hydroxyl groups is 1. The van der Waals surface area contributed by atoms with Crippen molar-refractivity contribution in [3.63, 3.8) is 0 Å². The number of benzene rings is 1. The highest BCUT2D eigenvalue weighted by Crippen LogP contribution is 2.24. The van der Waals surface area contributed by atoms with Crippen molar-refractivity contribution in [1.82, 2.24) is 5.32 Å². The fraction of sp³-hybridized carbons (Fsp3) is 0.571. The molecule has 0 aromatic heterocycles. The predicted octanol–water partition coefficient (Wildman–Crippen LogP) is 1.33. The van der Waals surface area contributed by atoms with Gasteiger partial charge in [-0.05, 0) is 25.3 Å². The maximum atomic E-state index is 9.96. The summed E-state index contributed by atoms with van der Waals surface area (Å²) in [6, 6.07) is 5.72. The zero-order valence-electron chi connectivity index (χ0n) is 10.8. The van der Waals surface area contributed by atoms with Crippen molar-refractivity contribution < 1.29 is 14.9 Å². The molecule has 100 valence electrons. The van der Waals surface area contributed by atoms with Gasteiger partial charge in [-0.1, -0.05) is 18.2 Å². The van der Waals surface area contributed by atoms with Crippen LogP contribution in [-0.2, 0) is 11.3 Å². The van der Waals surface area contributed by atoms with Gasteiger partial charge in [0.2, 0.25) is 0 Å². The summed E-state index contributed by atoms with van der Waals surface area (Å²) < 4.78 is 5.32. The SMILES string of the molecule is Cc1cccc(CNC2(CO)CCOCC2)c1O. The summed E-state index contributed by atoms with van der Waals surface area (Å²) >= 11 is 0. The molecular weight excluding hydrogens is 230 g/mol. The van der Waals surface area contributed by atoms with Gasteiger partial charge in [-0.25, -0.2) is 0 Å². The molecule has 0 unspecified atom stereocenters. The smallest absolute Gasteiger partial charge is 0.122 e. The molecule has 0 atom stereocenters. The van der Waals surface area contributed by atoms with E-state index in [1.165, 1.54) is 0 Å². The Morgan fingerprint density at radius 1 is 1.33 bits per heavy atom. The van der Waals surface area contributed by atoms with Crippen LogP contribution in [0.4, 0.5) is 0 Å². The fourth-order valence-electron chi connectivity index (χ4n) is 2.30. The molecule has 0 radical (unpaired) electrons. The predicted molar refractivity (Wildman–Crippen MR) is 69.6 cm³/mol. The van der Waals surface area contributed by atoms with E-state index in [1.54, 1.807) is 0 Å². The molecule has 0 aliphatic carbocycles. The molecule has 1 saturated heterocycles. The molecule has 1 aliphatic rings. The minimum absolute atomic E-state index is 0.100. The first-order valence-electron chi connectivity index (χ1n) is 6.38. The second kappa shape index (κ2) is 5.69. The molecule has 4 nitrogen and oxygen atoms in total. The molecular formula is C14H21NO3. The Morgan fingerprint density at radius 2 is 2.06 bits per heavy atom. The molecule has 2 rings (SSSR count). The molecule has 1 fully saturated rings. The van der Waals surface area contributed by atoms with Crippen LogP contribution in [0.15, 0.2) is 18.2 Å². The van der Waals surface area contributed by atoms with Crippen molar-refractivity contribution in [1.29, 1.82) is 0 Å². The van der Waals surface area contributed by atoms with Crippen molar-refractivity contribution >= 4 is 0 Å². The van der Waals surface area contributed by atoms with Gasteiger partial charge in [-0.3, -0.25) is 0 Å². The van der Waals surface area contributed by atoms with Gasteiger partial charge in [0, 0.05) is 30.9 Å². The maximum Gasteiger partial charge on any atom is 0.122 e. The van der Waals surface area contributed by atoms with Crippen LogP contribution in [0.2, 0.25) is 0 Å². The molecule has 0 bridgehead atoms. The van der Waals surface area contributed by atoms with E-state index in [1.807, 2.05) is 25.1 Å². The van der Waals surface area contributed by atoms with E-state index in [-0.39, 0.29) is 12.1 Å². The second-order valence-corrected chi connectivity index (χ2v) is 4.99. The van der Waals surface area contributed by atoms with Crippen molar-refractivity contribution in [3.8, 4) is 5.75 Å². The van der Waals surface area contributed by atoms with Crippen molar-refractivity contribution in [2.45, 2.75) is 31.8 Å². The highest BCUT2D eigenvalue weighted by atomic mass is 16.5. The first kappa shape index (κ1) is 13.3. The van der Waals surface area contributed by atoms with Gasteiger partial charge in [0.1, 0.15) is 5.75 Å². The number of hydrogen-bond acceptors (Lipinski definition) is 4. The number of nitrogens with one attached hydrogen (secondary N) is 1. The second-order valence-electron chi connectivity index (χ2n) is 4.99. The number of aryl methyl sites for hydroxylation is 1. The van der Waals surface area contributed by atoms with Crippen LogP contribution in [0.3, 0.4) is 0 Å². The van der Waals surface area contributed by atoms with Gasteiger partial charge in [0.25, 0.3) is 0 Å². The Morgan fingerprint density at radius 3 is 2.72 bits per heavy atom. The Kier molecular flexibility index (Phi) is 4.22. The summed E-state index contributed by atoms with van der Waals surface area (Å²) in [5, 5.41) is 22.9. The third-order valence-corrected chi connectivity index (χ3v) is 3.73. The summed E-state index contributed by atoms with van der Waals surface area (Å²) in [5.41, 5.74) is 1.47. The quantitative estimate of drug-likeness (QED) is 0.755. The molecule has 4 heteroatoms. The number of phenols is 1. The number of rotatable bonds is 4. The molecule has 0 amide bonds. The lowest BCUT2D eigenvalue weighted by molar-refractivity contribution is 0.0111. The molecule has 0 spiro atoms. The minimum atomic E-state index is -0.269. The Hall–Kier alpha value is -1.10. The van der Waals surface area contributed by atoms with Gasteiger partial charge in [-0.15, -0.1) is 0 Å². The Labute approximate surface area is 108 Å². The molecule has 1 aromatic carbocycles. The third-order valence-electron chi connectivity index (χ3n) is 3.73. The lowest BCUT2D eigenvalue weighted by atomic mass is 9.90. The van der Waals surface area contributed by atoms with Crippen molar-refractivity contribution in [3.05, 3.63) is 29.3 Å². The molecule has 3 N–H and O–H groups in total. The number of aliphatic hydroxyl groups excluding tert-OH is 1. The fourth-order valence-corrected chi connectivity index (χ4v) is 2.30. The standard InChI is InChI=1S/C14H21NO3/c1-11-3-2-4-12(13(11)17)9-15-14(10-16)5-7-18-8-6-14/h2-4,15-17H,5-10H2,1H3. The van der Waals surface area contributed by atoms with E-state index in [0.717, 1.165) is 24.0 Å². The van der Waals surface area contributed by atoms with E-state index in [9.17, 15) is 10.2 Å². The van der Waals surface area contributed by atoms with E-state index >= 15 is 0 Å². The number of aromatic hydroxyl groups is 1. The Bertz CT molecular complexity index is 400. The van der Waals surface area contributed by atoms with Crippen LogP contribution < -0.4 is 5.32 Å². The minimum Gasteiger partial charge on any atom is -0.507 e. The molecule has 18 heavy (non-hydrogen) atoms. The number of hydrogen-bond donors (Lipinski definition) is 3. The molecule has 1 aliphatic heterocycles. The lowest BCUT2D eigenvalue weighted by Gasteiger charge is -2.36. The average Bonchev–Trinajstić information content (AvgIpc) is 2.41. The van der Waals surface area contributed by atoms with E-state index < -0.39 is 0 Å². The largest absolute Gasteiger partial charge is 0.507 e. The number of para-hydroxylation sites is 1. The zero-order valence-corrected chi connectivity index (χ0v) is 10.8. The highest BCUT2D eigenvalue weighted by molar-refractivity contribution is 5.39. The van der Waals surface area contributed by atoms with Gasteiger partial charge in [0.15, 0.2) is 0 Å². The summed E-state index contributed by atoms with van der Waals surface area (Å²) in [6.07, 6.45) is 1.60. The summed E-state index contributed by atoms with van der Waals surface area (Å²) in [6.45, 7) is 3.90. The van der Waals surface area contributed by atoms with Gasteiger partial charge in [0.05, 0.1) is 6.61 Å². The lowest BCUT2D eigenvalue weighted by Crippen LogP contribution is -2.51. The zero-order chi connectivity index (χ0) is 13.0. The van der Waals surface area contributed by atoms with Crippen LogP contribution in [0.25, 0.3) is 0 Å². The van der Waals surface area contributed by atoms with Crippen LogP contribution in [0.1, 0.15) is 24.0 Å². The molecule has 0 saturated carbocycles. The summed E-state index contributed by atoms with van der Waals surface area (Å²) in [7, 11) is 0. The van der Waals surface area contributed by atoms with Gasteiger partial charge >= 0.3 is 0 Å². The van der Waals surface area contributed by atoms with Crippen LogP contribution in [0.5, 0.6) is 5.75 Å². The van der Waals surface area contributed by atoms with E-state index in [2.05, 4.69) is 5.32 Å². The summed E-state index contributed by atoms with van der Waals surface area (Å²) in [4.78, 5) is 0. The monoisotopic (exact) mass is 251 g/mol. The normalized spacial score (nSPS) is 18.8. The first-order chi connectivity index (χ1) is 8.67. The van der Waals surface area contributed by atoms with Crippen LogP contribution in [0, 0.1) is 6.92 Å². The summed E-state index contributed by atoms with van der Waals surface area (Å²) in [5.74, 6) is 0.338. The van der Waals surface area contributed by atoms with Gasteiger partial charge < -0.3 is 20.3 Å². The molecule has 1 heterocycles. The number of phenolic OH excluding ortho intramolecular Hbond substituents is 1. The Balaban J connectivity index is 2.03. The van der Waals surface area contributed by atoms with Crippen molar-refractivity contribution in [2.75, 3.05) is 19.8 Å². The van der Waals surface area contributed by atoms with Crippen LogP contribution >= 0.6 is 0 Å². The van der Waals surface area contributed by atoms with Crippen LogP contribution in [-0.4, -0.2) is 35.6 Å². The molecule has 1 aromatic rings. The first-order valence-corrected chi connectivity index (χ1v) is 6.38. The maximum absolute atomic E-state index is 9.96. The topological polar surface area (TPSA) is 61.7 Å². The highest BCUT2D eigenvalue weighted by Gasteiger charge is 2.31. The number of ether oxygens (including phenoxy) is 1. The van der Waals surface area contributed by atoms with E-state index in [0.29, 0.717) is 25.5 Å². The van der Waals surface area contributed by atoms with Gasteiger partial charge in [-0.2, -0.15) is 0 Å². The van der Waals surface area contributed by atoms with E-state index in [4.69, 9.17) is 4.74 Å². The average molecular weight is 251 g/mol. The third kappa shape index (κ3) is 2.83.